The van der Waals surface area contributed by atoms with Crippen molar-refractivity contribution >= 4 is 11.9 Å². The third-order valence-corrected chi connectivity index (χ3v) is 5.64. The van der Waals surface area contributed by atoms with Gasteiger partial charge in [-0.2, -0.15) is 0 Å². The topological polar surface area (TPSA) is 74.6 Å². The predicted molar refractivity (Wildman–Crippen MR) is 99.1 cm³/mol. The van der Waals surface area contributed by atoms with Crippen molar-refractivity contribution in [2.24, 2.45) is 11.8 Å². The van der Waals surface area contributed by atoms with Gasteiger partial charge in [-0.15, -0.1) is 0 Å². The van der Waals surface area contributed by atoms with Gasteiger partial charge in [-0.25, -0.2) is 0 Å². The van der Waals surface area contributed by atoms with Gasteiger partial charge < -0.3 is 10.2 Å². The van der Waals surface area contributed by atoms with Gasteiger partial charge in [0.1, 0.15) is 0 Å². The number of hydrogen-bond acceptors (Lipinski definition) is 2. The summed E-state index contributed by atoms with van der Waals surface area (Å²) < 4.78 is 0. The standard InChI is InChI=1S/2C11H12O2/c2*12-11(13)10-7-6-9(10)8-4-2-1-3-5-8/h2*1-5,9-10H,6-7H2,(H,12,13)/t2*9-,10-/m10/s1. The lowest BCUT2D eigenvalue weighted by Crippen LogP contribution is -2.30. The molecule has 0 aliphatic heterocycles. The van der Waals surface area contributed by atoms with Gasteiger partial charge in [-0.3, -0.25) is 9.59 Å². The van der Waals surface area contributed by atoms with E-state index in [0.717, 1.165) is 25.7 Å². The number of benzene rings is 2. The first-order valence-electron chi connectivity index (χ1n) is 9.13. The zero-order valence-electron chi connectivity index (χ0n) is 14.6. The van der Waals surface area contributed by atoms with E-state index < -0.39 is 11.9 Å². The summed E-state index contributed by atoms with van der Waals surface area (Å²) in [6.07, 6.45) is 3.69. The first-order chi connectivity index (χ1) is 12.6. The molecule has 4 rings (SSSR count). The Morgan fingerprint density at radius 3 is 1.19 bits per heavy atom. The Kier molecular flexibility index (Phi) is 5.71. The molecule has 0 saturated heterocycles. The van der Waals surface area contributed by atoms with Crippen LogP contribution in [0.3, 0.4) is 0 Å². The van der Waals surface area contributed by atoms with Gasteiger partial charge in [0.2, 0.25) is 0 Å². The second-order valence-electron chi connectivity index (χ2n) is 7.08. The van der Waals surface area contributed by atoms with Crippen LogP contribution in [-0.2, 0) is 9.59 Å². The molecular weight excluding hydrogens is 328 g/mol. The van der Waals surface area contributed by atoms with Crippen LogP contribution in [0, 0.1) is 11.8 Å². The van der Waals surface area contributed by atoms with E-state index in [1.807, 2.05) is 60.7 Å². The van der Waals surface area contributed by atoms with E-state index in [0.29, 0.717) is 0 Å². The highest BCUT2D eigenvalue weighted by atomic mass is 16.4. The highest BCUT2D eigenvalue weighted by molar-refractivity contribution is 5.73. The highest BCUT2D eigenvalue weighted by Crippen LogP contribution is 2.43. The molecule has 2 aromatic rings. The second kappa shape index (κ2) is 8.17. The summed E-state index contributed by atoms with van der Waals surface area (Å²) >= 11 is 0. The van der Waals surface area contributed by atoms with Crippen LogP contribution in [0.4, 0.5) is 0 Å². The number of hydrogen-bond donors (Lipinski definition) is 2. The average Bonchev–Trinajstić information content (AvgIpc) is 2.54. The van der Waals surface area contributed by atoms with Crippen LogP contribution in [0.2, 0.25) is 0 Å². The van der Waals surface area contributed by atoms with Crippen molar-refractivity contribution < 1.29 is 19.8 Å². The van der Waals surface area contributed by atoms with E-state index in [4.69, 9.17) is 10.2 Å². The Bertz CT molecular complexity index is 676. The molecule has 2 aliphatic carbocycles. The molecule has 2 fully saturated rings. The van der Waals surface area contributed by atoms with Gasteiger partial charge in [0.25, 0.3) is 0 Å². The maximum atomic E-state index is 10.8. The zero-order valence-corrected chi connectivity index (χ0v) is 14.6. The molecule has 0 unspecified atom stereocenters. The summed E-state index contributed by atoms with van der Waals surface area (Å²) in [5.74, 6) is -1.11. The summed E-state index contributed by atoms with van der Waals surface area (Å²) in [6, 6.07) is 19.8. The van der Waals surface area contributed by atoms with Crippen LogP contribution >= 0.6 is 0 Å². The molecule has 0 aromatic heterocycles. The van der Waals surface area contributed by atoms with E-state index in [2.05, 4.69) is 0 Å². The molecule has 2 aromatic carbocycles. The molecular formula is C22H24O4. The van der Waals surface area contributed by atoms with Crippen molar-refractivity contribution in [2.45, 2.75) is 37.5 Å². The lowest BCUT2D eigenvalue weighted by atomic mass is 9.70. The fourth-order valence-electron chi connectivity index (χ4n) is 3.79. The molecule has 0 spiro atoms. The molecule has 2 aliphatic rings. The molecule has 4 atom stereocenters. The van der Waals surface area contributed by atoms with E-state index in [9.17, 15) is 9.59 Å². The molecule has 0 amide bonds. The minimum Gasteiger partial charge on any atom is -0.481 e. The quantitative estimate of drug-likeness (QED) is 0.848. The second-order valence-corrected chi connectivity index (χ2v) is 7.08. The Morgan fingerprint density at radius 1 is 0.615 bits per heavy atom. The molecule has 26 heavy (non-hydrogen) atoms. The van der Waals surface area contributed by atoms with Gasteiger partial charge in [0, 0.05) is 0 Å². The Balaban J connectivity index is 0.000000151. The van der Waals surface area contributed by atoms with Crippen LogP contribution in [0.25, 0.3) is 0 Å². The van der Waals surface area contributed by atoms with E-state index in [-0.39, 0.29) is 23.7 Å². The van der Waals surface area contributed by atoms with Crippen molar-refractivity contribution in [3.05, 3.63) is 71.8 Å². The number of aliphatic carboxylic acids is 2. The van der Waals surface area contributed by atoms with E-state index in [1.54, 1.807) is 0 Å². The molecule has 4 heteroatoms. The van der Waals surface area contributed by atoms with E-state index in [1.165, 1.54) is 11.1 Å². The fourth-order valence-corrected chi connectivity index (χ4v) is 3.79. The minimum atomic E-state index is -0.653. The van der Waals surface area contributed by atoms with E-state index >= 15 is 0 Å². The molecule has 136 valence electrons. The molecule has 0 radical (unpaired) electrons. The number of rotatable bonds is 4. The number of carboxylic acid groups (broad SMARTS) is 2. The first-order valence-corrected chi connectivity index (χ1v) is 9.13. The molecule has 2 saturated carbocycles. The van der Waals surface area contributed by atoms with Crippen LogP contribution in [0.15, 0.2) is 60.7 Å². The van der Waals surface area contributed by atoms with Crippen molar-refractivity contribution in [1.82, 2.24) is 0 Å². The lowest BCUT2D eigenvalue weighted by molar-refractivity contribution is -0.146. The van der Waals surface area contributed by atoms with Crippen LogP contribution in [-0.4, -0.2) is 22.2 Å². The summed E-state index contributed by atoms with van der Waals surface area (Å²) in [4.78, 5) is 21.5. The monoisotopic (exact) mass is 352 g/mol. The summed E-state index contributed by atoms with van der Waals surface area (Å²) in [6.45, 7) is 0. The van der Waals surface area contributed by atoms with Crippen LogP contribution in [0.5, 0.6) is 0 Å². The summed E-state index contributed by atoms with van der Waals surface area (Å²) in [5.41, 5.74) is 2.34. The van der Waals surface area contributed by atoms with Crippen molar-refractivity contribution in [3.63, 3.8) is 0 Å². The van der Waals surface area contributed by atoms with Gasteiger partial charge in [-0.1, -0.05) is 60.7 Å². The largest absolute Gasteiger partial charge is 0.481 e. The Morgan fingerprint density at radius 2 is 0.962 bits per heavy atom. The predicted octanol–water partition coefficient (Wildman–Crippen LogP) is 4.53. The molecule has 0 bridgehead atoms. The van der Waals surface area contributed by atoms with Gasteiger partial charge in [0.15, 0.2) is 0 Å². The molecule has 2 N–H and O–H groups in total. The van der Waals surface area contributed by atoms with Crippen molar-refractivity contribution in [1.29, 1.82) is 0 Å². The summed E-state index contributed by atoms with van der Waals surface area (Å²) in [5, 5.41) is 17.7. The molecule has 0 heterocycles. The normalized spacial score (nSPS) is 26.5. The maximum absolute atomic E-state index is 10.8. The first kappa shape index (κ1) is 18.2. The van der Waals surface area contributed by atoms with Gasteiger partial charge in [0.05, 0.1) is 11.8 Å². The Labute approximate surface area is 153 Å². The molecule has 4 nitrogen and oxygen atoms in total. The van der Waals surface area contributed by atoms with Crippen LogP contribution < -0.4 is 0 Å². The lowest BCUT2D eigenvalue weighted by Gasteiger charge is -2.33. The third kappa shape index (κ3) is 3.96. The smallest absolute Gasteiger partial charge is 0.307 e. The van der Waals surface area contributed by atoms with Gasteiger partial charge in [-0.05, 0) is 48.6 Å². The maximum Gasteiger partial charge on any atom is 0.307 e. The Hall–Kier alpha value is -2.62. The number of carboxylic acids is 2. The average molecular weight is 352 g/mol. The van der Waals surface area contributed by atoms with Crippen molar-refractivity contribution in [3.8, 4) is 0 Å². The number of carbonyl (C=O) groups is 2. The minimum absolute atomic E-state index is 0.151. The highest BCUT2D eigenvalue weighted by Gasteiger charge is 2.37. The fraction of sp³-hybridized carbons (Fsp3) is 0.364. The SMILES string of the molecule is O=C(O)[C@@H]1CC[C@@H]1c1ccccc1.O=C(O)[C@H]1CC[C@H]1c1ccccc1. The summed E-state index contributed by atoms with van der Waals surface area (Å²) in [7, 11) is 0. The van der Waals surface area contributed by atoms with Crippen LogP contribution in [0.1, 0.15) is 48.6 Å². The van der Waals surface area contributed by atoms with Gasteiger partial charge >= 0.3 is 11.9 Å². The van der Waals surface area contributed by atoms with Crippen molar-refractivity contribution in [2.75, 3.05) is 0 Å². The zero-order chi connectivity index (χ0) is 18.5. The third-order valence-electron chi connectivity index (χ3n) is 5.64.